The number of aromatic nitrogens is 4. The summed E-state index contributed by atoms with van der Waals surface area (Å²) in [4.78, 5) is 0.178. The lowest BCUT2D eigenvalue weighted by molar-refractivity contribution is 0.620. The molecule has 1 aromatic rings. The maximum absolute atomic E-state index is 3.62. The van der Waals surface area contributed by atoms with Gasteiger partial charge in [0.15, 0.2) is 0 Å². The van der Waals surface area contributed by atoms with Gasteiger partial charge in [-0.05, 0) is 17.4 Å². The molecule has 44 valence electrons. The van der Waals surface area contributed by atoms with E-state index in [-0.39, 0.29) is 4.95 Å². The van der Waals surface area contributed by atoms with Crippen LogP contribution in [0.25, 0.3) is 0 Å². The Labute approximate surface area is 55.0 Å². The molecule has 0 aliphatic carbocycles. The van der Waals surface area contributed by atoms with Crippen LogP contribution >= 0.6 is 15.9 Å². The van der Waals surface area contributed by atoms with Gasteiger partial charge in [-0.2, -0.15) is 0 Å². The van der Waals surface area contributed by atoms with Crippen LogP contribution in [0.5, 0.6) is 0 Å². The van der Waals surface area contributed by atoms with Gasteiger partial charge in [-0.15, -0.1) is 5.10 Å². The number of rotatable bonds is 1. The number of halogens is 1. The minimum Gasteiger partial charge on any atom is -0.219 e. The molecule has 0 aromatic carbocycles. The number of hydrogen-bond donors (Lipinski definition) is 0. The Morgan fingerprint density at radius 2 is 2.50 bits per heavy atom. The molecule has 8 heavy (non-hydrogen) atoms. The van der Waals surface area contributed by atoms with Crippen LogP contribution in [0.4, 0.5) is 0 Å². The van der Waals surface area contributed by atoms with E-state index >= 15 is 0 Å². The summed E-state index contributed by atoms with van der Waals surface area (Å²) < 4.78 is 1.61. The van der Waals surface area contributed by atoms with Gasteiger partial charge < -0.3 is 0 Å². The smallest absolute Gasteiger partial charge is 0.139 e. The SMILES string of the molecule is CC(Br)n1cnnn1. The van der Waals surface area contributed by atoms with Crippen molar-refractivity contribution in [2.75, 3.05) is 0 Å². The molecule has 0 aliphatic heterocycles. The molecule has 0 fully saturated rings. The predicted octanol–water partition coefficient (Wildman–Crippen LogP) is 0.586. The first-order valence-corrected chi connectivity index (χ1v) is 3.09. The summed E-state index contributed by atoms with van der Waals surface area (Å²) >= 11 is 3.28. The van der Waals surface area contributed by atoms with Crippen molar-refractivity contribution in [1.82, 2.24) is 20.2 Å². The minimum atomic E-state index is 0.178. The van der Waals surface area contributed by atoms with Crippen LogP contribution in [0.2, 0.25) is 0 Å². The Morgan fingerprint density at radius 3 is 2.75 bits per heavy atom. The van der Waals surface area contributed by atoms with Crippen molar-refractivity contribution >= 4 is 15.9 Å². The van der Waals surface area contributed by atoms with Crippen molar-refractivity contribution in [3.05, 3.63) is 6.33 Å². The highest BCUT2D eigenvalue weighted by Gasteiger charge is 1.96. The Balaban J connectivity index is 2.77. The Bertz CT molecular complexity index is 146. The van der Waals surface area contributed by atoms with Gasteiger partial charge in [0.2, 0.25) is 0 Å². The Morgan fingerprint density at radius 1 is 1.75 bits per heavy atom. The zero-order chi connectivity index (χ0) is 5.98. The third-order valence-corrected chi connectivity index (χ3v) is 1.15. The van der Waals surface area contributed by atoms with E-state index in [1.54, 1.807) is 11.0 Å². The molecule has 1 aromatic heterocycles. The second-order valence-electron chi connectivity index (χ2n) is 1.36. The van der Waals surface area contributed by atoms with Gasteiger partial charge in [0, 0.05) is 0 Å². The second kappa shape index (κ2) is 2.21. The largest absolute Gasteiger partial charge is 0.219 e. The van der Waals surface area contributed by atoms with Crippen LogP contribution in [0.15, 0.2) is 6.33 Å². The maximum Gasteiger partial charge on any atom is 0.139 e. The molecule has 1 rings (SSSR count). The molecule has 0 amide bonds. The van der Waals surface area contributed by atoms with E-state index in [0.29, 0.717) is 0 Å². The molecule has 0 saturated carbocycles. The van der Waals surface area contributed by atoms with Gasteiger partial charge in [0.1, 0.15) is 11.3 Å². The van der Waals surface area contributed by atoms with Crippen LogP contribution in [0.1, 0.15) is 11.9 Å². The summed E-state index contributed by atoms with van der Waals surface area (Å²) in [5.41, 5.74) is 0. The summed E-state index contributed by atoms with van der Waals surface area (Å²) in [5, 5.41) is 10.5. The molecule has 0 radical (unpaired) electrons. The van der Waals surface area contributed by atoms with Crippen LogP contribution in [-0.4, -0.2) is 20.2 Å². The first-order chi connectivity index (χ1) is 3.80. The molecule has 0 spiro atoms. The number of alkyl halides is 1. The van der Waals surface area contributed by atoms with Crippen molar-refractivity contribution in [1.29, 1.82) is 0 Å². The minimum absolute atomic E-state index is 0.178. The molecular weight excluding hydrogens is 172 g/mol. The molecule has 1 heterocycles. The van der Waals surface area contributed by atoms with Crippen LogP contribution in [0, 0.1) is 0 Å². The van der Waals surface area contributed by atoms with E-state index in [1.165, 1.54) is 0 Å². The van der Waals surface area contributed by atoms with E-state index in [0.717, 1.165) is 0 Å². The van der Waals surface area contributed by atoms with E-state index < -0.39 is 0 Å². The van der Waals surface area contributed by atoms with Gasteiger partial charge in [-0.3, -0.25) is 0 Å². The van der Waals surface area contributed by atoms with E-state index in [4.69, 9.17) is 0 Å². The zero-order valence-electron chi connectivity index (χ0n) is 4.32. The predicted molar refractivity (Wildman–Crippen MR) is 31.5 cm³/mol. The van der Waals surface area contributed by atoms with Crippen LogP contribution in [-0.2, 0) is 0 Å². The van der Waals surface area contributed by atoms with Crippen molar-refractivity contribution in [3.63, 3.8) is 0 Å². The summed E-state index contributed by atoms with van der Waals surface area (Å²) in [6.45, 7) is 1.94. The van der Waals surface area contributed by atoms with Crippen molar-refractivity contribution in [2.24, 2.45) is 0 Å². The topological polar surface area (TPSA) is 43.6 Å². The molecule has 0 aliphatic rings. The zero-order valence-corrected chi connectivity index (χ0v) is 5.91. The number of tetrazole rings is 1. The fourth-order valence-electron chi connectivity index (χ4n) is 0.331. The first-order valence-electron chi connectivity index (χ1n) is 2.17. The van der Waals surface area contributed by atoms with Gasteiger partial charge in [0.05, 0.1) is 0 Å². The monoisotopic (exact) mass is 176 g/mol. The highest BCUT2D eigenvalue weighted by atomic mass is 79.9. The third kappa shape index (κ3) is 1.03. The third-order valence-electron chi connectivity index (χ3n) is 0.729. The van der Waals surface area contributed by atoms with Gasteiger partial charge in [-0.1, -0.05) is 15.9 Å². The van der Waals surface area contributed by atoms with Gasteiger partial charge in [0.25, 0.3) is 0 Å². The fourth-order valence-corrected chi connectivity index (χ4v) is 0.519. The summed E-state index contributed by atoms with van der Waals surface area (Å²) in [7, 11) is 0. The quantitative estimate of drug-likeness (QED) is 0.589. The highest BCUT2D eigenvalue weighted by molar-refractivity contribution is 9.09. The maximum atomic E-state index is 3.62. The molecule has 1 unspecified atom stereocenters. The van der Waals surface area contributed by atoms with Gasteiger partial charge >= 0.3 is 0 Å². The summed E-state index contributed by atoms with van der Waals surface area (Å²) in [5.74, 6) is 0. The van der Waals surface area contributed by atoms with Crippen molar-refractivity contribution in [3.8, 4) is 0 Å². The normalized spacial score (nSPS) is 13.8. The molecule has 1 atom stereocenters. The van der Waals surface area contributed by atoms with Gasteiger partial charge in [-0.25, -0.2) is 4.68 Å². The van der Waals surface area contributed by atoms with E-state index in [1.807, 2.05) is 6.92 Å². The molecule has 4 nitrogen and oxygen atoms in total. The summed E-state index contributed by atoms with van der Waals surface area (Å²) in [6.07, 6.45) is 1.55. The fraction of sp³-hybridized carbons (Fsp3) is 0.667. The average molecular weight is 177 g/mol. The lowest BCUT2D eigenvalue weighted by Gasteiger charge is -1.96. The average Bonchev–Trinajstić information content (AvgIpc) is 2.12. The molecule has 5 heteroatoms. The molecule has 0 bridgehead atoms. The molecule has 0 N–H and O–H groups in total. The lowest BCUT2D eigenvalue weighted by atomic mass is 10.8. The van der Waals surface area contributed by atoms with E-state index in [9.17, 15) is 0 Å². The second-order valence-corrected chi connectivity index (χ2v) is 2.69. The molecular formula is C3H5BrN4. The first kappa shape index (κ1) is 5.68. The van der Waals surface area contributed by atoms with Crippen molar-refractivity contribution in [2.45, 2.75) is 11.9 Å². The highest BCUT2D eigenvalue weighted by Crippen LogP contribution is 2.08. The van der Waals surface area contributed by atoms with Crippen molar-refractivity contribution < 1.29 is 0 Å². The summed E-state index contributed by atoms with van der Waals surface area (Å²) in [6, 6.07) is 0. The van der Waals surface area contributed by atoms with E-state index in [2.05, 4.69) is 31.5 Å². The number of hydrogen-bond acceptors (Lipinski definition) is 3. The lowest BCUT2D eigenvalue weighted by Crippen LogP contribution is -1.97. The molecule has 0 saturated heterocycles. The van der Waals surface area contributed by atoms with Crippen LogP contribution < -0.4 is 0 Å². The number of nitrogens with zero attached hydrogens (tertiary/aromatic N) is 4. The Kier molecular flexibility index (Phi) is 1.57. The van der Waals surface area contributed by atoms with Crippen LogP contribution in [0.3, 0.4) is 0 Å². The standard InChI is InChI=1S/C3H5BrN4/c1-3(4)8-2-5-6-7-8/h2-3H,1H3. The Hall–Kier alpha value is -0.450.